The first-order valence-corrected chi connectivity index (χ1v) is 6.14. The van der Waals surface area contributed by atoms with Crippen LogP contribution in [0.2, 0.25) is 0 Å². The highest BCUT2D eigenvalue weighted by Gasteiger charge is 2.14. The van der Waals surface area contributed by atoms with E-state index in [1.807, 2.05) is 6.92 Å². The van der Waals surface area contributed by atoms with Crippen LogP contribution < -0.4 is 0 Å². The van der Waals surface area contributed by atoms with Crippen molar-refractivity contribution < 1.29 is 18.8 Å². The van der Waals surface area contributed by atoms with E-state index in [1.54, 1.807) is 12.1 Å². The van der Waals surface area contributed by atoms with Crippen LogP contribution in [0.25, 0.3) is 0 Å². The van der Waals surface area contributed by atoms with Gasteiger partial charge >= 0.3 is 0 Å². The molecule has 0 saturated carbocycles. The summed E-state index contributed by atoms with van der Waals surface area (Å²) in [5, 5.41) is 0. The van der Waals surface area contributed by atoms with Gasteiger partial charge in [-0.25, -0.2) is 0 Å². The quantitative estimate of drug-likeness (QED) is 0.738. The van der Waals surface area contributed by atoms with Crippen LogP contribution in [0.1, 0.15) is 20.3 Å². The third kappa shape index (κ3) is 3.75. The number of carbonyl (C=O) groups excluding carboxylic acids is 1. The van der Waals surface area contributed by atoms with Crippen LogP contribution in [0, 0.1) is 6.92 Å². The summed E-state index contributed by atoms with van der Waals surface area (Å²) in [6, 6.07) is 6.09. The molecule has 16 heavy (non-hydrogen) atoms. The minimum absolute atomic E-state index is 0.0103. The van der Waals surface area contributed by atoms with Crippen molar-refractivity contribution in [1.29, 1.82) is 0 Å². The van der Waals surface area contributed by atoms with Crippen LogP contribution in [-0.4, -0.2) is 20.8 Å². The molecule has 0 unspecified atom stereocenters. The molecule has 0 bridgehead atoms. The fourth-order valence-electron chi connectivity index (χ4n) is 1.00. The summed E-state index contributed by atoms with van der Waals surface area (Å²) in [5.41, 5.74) is 0.926. The smallest absolute Gasteiger partial charge is 0.296 e. The van der Waals surface area contributed by atoms with Crippen molar-refractivity contribution in [3.63, 3.8) is 0 Å². The molecular weight excluding hydrogens is 228 g/mol. The molecule has 0 spiro atoms. The van der Waals surface area contributed by atoms with Crippen LogP contribution in [0.3, 0.4) is 0 Å². The number of aryl methyl sites for hydroxylation is 1. The summed E-state index contributed by atoms with van der Waals surface area (Å²) in [6.45, 7) is 1.72. The molecule has 0 aliphatic heterocycles. The molecule has 0 fully saturated rings. The normalized spacial score (nSPS) is 14.2. The lowest BCUT2D eigenvalue weighted by Crippen LogP contribution is -2.09. The van der Waals surface area contributed by atoms with E-state index >= 15 is 0 Å². The molecule has 5 heteroatoms. The van der Waals surface area contributed by atoms with Gasteiger partial charge in [-0.3, -0.25) is 8.98 Å². The van der Waals surface area contributed by atoms with Crippen molar-refractivity contribution in [2.75, 3.05) is 6.58 Å². The maximum Gasteiger partial charge on any atom is 0.296 e. The Kier molecular flexibility index (Phi) is 3.69. The first-order chi connectivity index (χ1) is 7.81. The zero-order chi connectivity index (χ0) is 13.1. The Hall–Kier alpha value is -1.20. The van der Waals surface area contributed by atoms with Crippen LogP contribution in [0.15, 0.2) is 29.2 Å². The Morgan fingerprint density at radius 3 is 2.44 bits per heavy atom. The van der Waals surface area contributed by atoms with Crippen molar-refractivity contribution in [1.82, 2.24) is 0 Å². The van der Waals surface area contributed by atoms with Crippen LogP contribution >= 0.6 is 0 Å². The largest absolute Gasteiger partial charge is 0.300 e. The van der Waals surface area contributed by atoms with Crippen LogP contribution in [0.5, 0.6) is 0 Å². The van der Waals surface area contributed by atoms with E-state index < -0.39 is 16.7 Å². The Morgan fingerprint density at radius 1 is 1.38 bits per heavy atom. The lowest BCUT2D eigenvalue weighted by Gasteiger charge is -2.04. The van der Waals surface area contributed by atoms with Crippen molar-refractivity contribution in [3.05, 3.63) is 29.8 Å². The fourth-order valence-corrected chi connectivity index (χ4v) is 1.83. The van der Waals surface area contributed by atoms with Gasteiger partial charge in [0.05, 0.1) is 12.8 Å². The number of hydrogen-bond donors (Lipinski definition) is 0. The number of carbonyl (C=O) groups is 1. The second kappa shape index (κ2) is 5.23. The first kappa shape index (κ1) is 11.3. The highest BCUT2D eigenvalue weighted by Crippen LogP contribution is 2.13. The van der Waals surface area contributed by atoms with Crippen molar-refractivity contribution >= 4 is 15.9 Å². The second-order valence-corrected chi connectivity index (χ2v) is 5.01. The van der Waals surface area contributed by atoms with Gasteiger partial charge in [0.2, 0.25) is 0 Å². The molecule has 1 aromatic rings. The van der Waals surface area contributed by atoms with E-state index in [1.165, 1.54) is 19.1 Å². The number of Topliss-reactive ketones (excluding diaryl/α,β-unsaturated/α-hetero) is 1. The number of hydrogen-bond acceptors (Lipinski definition) is 4. The van der Waals surface area contributed by atoms with E-state index in [4.69, 9.17) is 1.37 Å². The summed E-state index contributed by atoms with van der Waals surface area (Å²) in [4.78, 5) is 10.7. The molecule has 0 saturated heterocycles. The molecular formula is C11H14O4S. The molecule has 1 rings (SSSR count). The van der Waals surface area contributed by atoms with Crippen molar-refractivity contribution in [2.45, 2.75) is 25.2 Å². The molecule has 0 radical (unpaired) electrons. The first-order valence-electron chi connectivity index (χ1n) is 5.30. The van der Waals surface area contributed by atoms with Gasteiger partial charge in [-0.2, -0.15) is 8.42 Å². The summed E-state index contributed by atoms with van der Waals surface area (Å²) in [7, 11) is -3.96. The SMILES string of the molecule is [2H][C@@H](CC(C)=O)OS(=O)(=O)c1ccc(C)cc1. The summed E-state index contributed by atoms with van der Waals surface area (Å²) < 4.78 is 35.3. The maximum absolute atomic E-state index is 11.7. The average molecular weight is 243 g/mol. The molecule has 4 nitrogen and oxygen atoms in total. The Morgan fingerprint density at radius 2 is 1.94 bits per heavy atom. The minimum atomic E-state index is -3.96. The zero-order valence-corrected chi connectivity index (χ0v) is 9.95. The number of rotatable bonds is 5. The molecule has 1 atom stereocenters. The third-order valence-corrected chi connectivity index (χ3v) is 3.11. The van der Waals surface area contributed by atoms with E-state index in [0.717, 1.165) is 5.56 Å². The van der Waals surface area contributed by atoms with Gasteiger partial charge in [0, 0.05) is 6.42 Å². The molecule has 0 N–H and O–H groups in total. The topological polar surface area (TPSA) is 60.4 Å². The molecule has 0 amide bonds. The Bertz CT molecular complexity index is 493. The van der Waals surface area contributed by atoms with Gasteiger partial charge < -0.3 is 0 Å². The lowest BCUT2D eigenvalue weighted by molar-refractivity contribution is -0.117. The zero-order valence-electron chi connectivity index (χ0n) is 10.1. The molecule has 88 valence electrons. The molecule has 0 aromatic heterocycles. The summed E-state index contributed by atoms with van der Waals surface area (Å²) in [5.74, 6) is -0.288. The van der Waals surface area contributed by atoms with Gasteiger partial charge in [-0.05, 0) is 26.0 Å². The molecule has 0 aliphatic rings. The summed E-state index contributed by atoms with van der Waals surface area (Å²) in [6.07, 6.45) is -0.245. The maximum atomic E-state index is 11.7. The van der Waals surface area contributed by atoms with Crippen LogP contribution in [0.4, 0.5) is 0 Å². The van der Waals surface area contributed by atoms with E-state index in [-0.39, 0.29) is 17.1 Å². The van der Waals surface area contributed by atoms with E-state index in [0.29, 0.717) is 0 Å². The standard InChI is InChI=1S/C11H14O4S/c1-9-3-5-11(6-4-9)16(13,14)15-8-7-10(2)12/h3-6H,7-8H2,1-2H3/i8D/t8-/m0/s1. The van der Waals surface area contributed by atoms with Gasteiger partial charge in [-0.1, -0.05) is 17.7 Å². The fraction of sp³-hybridized carbons (Fsp3) is 0.364. The minimum Gasteiger partial charge on any atom is -0.300 e. The van der Waals surface area contributed by atoms with Gasteiger partial charge in [-0.15, -0.1) is 0 Å². The highest BCUT2D eigenvalue weighted by molar-refractivity contribution is 7.86. The predicted octanol–water partition coefficient (Wildman–Crippen LogP) is 1.68. The molecule has 1 aromatic carbocycles. The average Bonchev–Trinajstić information content (AvgIpc) is 2.15. The predicted molar refractivity (Wildman–Crippen MR) is 59.6 cm³/mol. The van der Waals surface area contributed by atoms with Crippen molar-refractivity contribution in [2.24, 2.45) is 0 Å². The van der Waals surface area contributed by atoms with E-state index in [2.05, 4.69) is 4.18 Å². The summed E-state index contributed by atoms with van der Waals surface area (Å²) >= 11 is 0. The highest BCUT2D eigenvalue weighted by atomic mass is 32.2. The third-order valence-electron chi connectivity index (χ3n) is 1.88. The number of ketones is 1. The Balaban J connectivity index is 2.82. The monoisotopic (exact) mass is 243 g/mol. The molecule has 0 aliphatic carbocycles. The Labute approximate surface area is 96.8 Å². The van der Waals surface area contributed by atoms with E-state index in [9.17, 15) is 13.2 Å². The van der Waals surface area contributed by atoms with Gasteiger partial charge in [0.25, 0.3) is 10.1 Å². The number of benzene rings is 1. The molecule has 0 heterocycles. The van der Waals surface area contributed by atoms with Crippen molar-refractivity contribution in [3.8, 4) is 0 Å². The second-order valence-electron chi connectivity index (χ2n) is 3.44. The lowest BCUT2D eigenvalue weighted by atomic mass is 10.2. The van der Waals surface area contributed by atoms with Gasteiger partial charge in [0.15, 0.2) is 0 Å². The van der Waals surface area contributed by atoms with Crippen LogP contribution in [-0.2, 0) is 19.1 Å². The van der Waals surface area contributed by atoms with Gasteiger partial charge in [0.1, 0.15) is 5.78 Å².